The van der Waals surface area contributed by atoms with E-state index in [0.717, 1.165) is 12.1 Å². The van der Waals surface area contributed by atoms with Crippen molar-refractivity contribution in [1.29, 1.82) is 0 Å². The zero-order valence-corrected chi connectivity index (χ0v) is 10.00. The number of alkyl halides is 1. The highest BCUT2D eigenvalue weighted by atomic mass is 35.5. The first-order valence-corrected chi connectivity index (χ1v) is 5.76. The normalized spacial score (nSPS) is 11.2. The molecular weight excluding hydrogens is 224 g/mol. The van der Waals surface area contributed by atoms with E-state index in [0.29, 0.717) is 12.1 Å². The third-order valence-corrected chi connectivity index (χ3v) is 2.25. The van der Waals surface area contributed by atoms with Gasteiger partial charge in [0.05, 0.1) is 5.88 Å². The number of nitrogens with one attached hydrogen (secondary N) is 1. The summed E-state index contributed by atoms with van der Waals surface area (Å²) in [4.78, 5) is 15.3. The van der Waals surface area contributed by atoms with Gasteiger partial charge in [0.1, 0.15) is 0 Å². The lowest BCUT2D eigenvalue weighted by molar-refractivity contribution is -0.114. The average Bonchev–Trinajstić information content (AvgIpc) is 2.30. The first kappa shape index (κ1) is 12.7. The van der Waals surface area contributed by atoms with Crippen molar-refractivity contribution in [2.75, 3.05) is 11.2 Å². The van der Waals surface area contributed by atoms with Crippen molar-refractivity contribution >= 4 is 23.1 Å². The monoisotopic (exact) mass is 238 g/mol. The number of carbonyl (C=O) groups is 1. The van der Waals surface area contributed by atoms with Crippen molar-refractivity contribution in [1.82, 2.24) is 4.98 Å². The number of anilines is 1. The minimum Gasteiger partial charge on any atom is -0.358 e. The molecule has 86 valence electrons. The molecule has 0 aromatic carbocycles. The number of aromatic nitrogens is 1. The molecule has 4 heteroatoms. The maximum Gasteiger partial charge on any atom is 0.157 e. The van der Waals surface area contributed by atoms with E-state index in [9.17, 15) is 4.79 Å². The molecule has 0 unspecified atom stereocenters. The molecule has 1 N–H and O–H groups in total. The van der Waals surface area contributed by atoms with Gasteiger partial charge < -0.3 is 5.32 Å². The molecule has 1 rings (SSSR count). The molecule has 0 amide bonds. The van der Waals surface area contributed by atoms with Crippen molar-refractivity contribution in [2.45, 2.75) is 19.8 Å². The van der Waals surface area contributed by atoms with Crippen LogP contribution in [0.4, 0.5) is 5.69 Å². The van der Waals surface area contributed by atoms with Gasteiger partial charge >= 0.3 is 0 Å². The molecule has 0 radical (unpaired) electrons. The number of ketones is 1. The van der Waals surface area contributed by atoms with E-state index in [2.05, 4.69) is 10.3 Å². The molecule has 0 saturated carbocycles. The quantitative estimate of drug-likeness (QED) is 0.612. The molecule has 0 saturated heterocycles. The van der Waals surface area contributed by atoms with Crippen molar-refractivity contribution < 1.29 is 4.79 Å². The van der Waals surface area contributed by atoms with Gasteiger partial charge in [-0.3, -0.25) is 9.78 Å². The Morgan fingerprint density at radius 1 is 1.50 bits per heavy atom. The molecule has 0 fully saturated rings. The number of rotatable bonds is 6. The van der Waals surface area contributed by atoms with Crippen molar-refractivity contribution in [3.63, 3.8) is 0 Å². The SMILES string of the molecule is CCCC(=O)/C=C(\CCl)Nc1ccncc1. The second-order valence-corrected chi connectivity index (χ2v) is 3.65. The van der Waals surface area contributed by atoms with Crippen LogP contribution in [0, 0.1) is 0 Å². The van der Waals surface area contributed by atoms with Crippen LogP contribution in [0.5, 0.6) is 0 Å². The van der Waals surface area contributed by atoms with Crippen molar-refractivity contribution in [3.05, 3.63) is 36.3 Å². The second-order valence-electron chi connectivity index (χ2n) is 3.38. The summed E-state index contributed by atoms with van der Waals surface area (Å²) in [5.41, 5.74) is 1.59. The number of pyridine rings is 1. The average molecular weight is 239 g/mol. The standard InChI is InChI=1S/C12H15ClN2O/c1-2-3-12(16)8-11(9-13)15-10-4-6-14-7-5-10/h4-8H,2-3,9H2,1H3,(H,14,15)/b11-8+. The van der Waals surface area contributed by atoms with Crippen molar-refractivity contribution in [2.24, 2.45) is 0 Å². The highest BCUT2D eigenvalue weighted by Gasteiger charge is 2.01. The number of halogens is 1. The van der Waals surface area contributed by atoms with Gasteiger partial charge in [-0.1, -0.05) is 6.92 Å². The summed E-state index contributed by atoms with van der Waals surface area (Å²) in [5, 5.41) is 3.09. The van der Waals surface area contributed by atoms with Crippen LogP contribution in [0.1, 0.15) is 19.8 Å². The molecule has 3 nitrogen and oxygen atoms in total. The smallest absolute Gasteiger partial charge is 0.157 e. The summed E-state index contributed by atoms with van der Waals surface area (Å²) in [6, 6.07) is 3.65. The Morgan fingerprint density at radius 3 is 2.75 bits per heavy atom. The van der Waals surface area contributed by atoms with Gasteiger partial charge in [0.2, 0.25) is 0 Å². The fourth-order valence-corrected chi connectivity index (χ4v) is 1.39. The zero-order valence-electron chi connectivity index (χ0n) is 9.24. The van der Waals surface area contributed by atoms with Crippen LogP contribution in [0.3, 0.4) is 0 Å². The summed E-state index contributed by atoms with van der Waals surface area (Å²) in [7, 11) is 0. The highest BCUT2D eigenvalue weighted by Crippen LogP contribution is 2.09. The molecule has 0 aliphatic carbocycles. The first-order valence-electron chi connectivity index (χ1n) is 5.22. The van der Waals surface area contributed by atoms with Gasteiger partial charge in [0, 0.05) is 36.3 Å². The van der Waals surface area contributed by atoms with Gasteiger partial charge in [-0.2, -0.15) is 0 Å². The molecule has 0 spiro atoms. The van der Waals surface area contributed by atoms with Crippen molar-refractivity contribution in [3.8, 4) is 0 Å². The molecule has 16 heavy (non-hydrogen) atoms. The fraction of sp³-hybridized carbons (Fsp3) is 0.333. The molecule has 1 aromatic heterocycles. The summed E-state index contributed by atoms with van der Waals surface area (Å²) in [6.45, 7) is 1.97. The van der Waals surface area contributed by atoms with Gasteiger partial charge in [-0.05, 0) is 18.6 Å². The molecule has 1 aromatic rings. The second kappa shape index (κ2) is 7.01. The first-order chi connectivity index (χ1) is 7.76. The predicted molar refractivity (Wildman–Crippen MR) is 66.6 cm³/mol. The van der Waals surface area contributed by atoms with E-state index in [1.54, 1.807) is 18.5 Å². The Labute approximate surface area is 101 Å². The van der Waals surface area contributed by atoms with Crippen LogP contribution in [0.15, 0.2) is 36.3 Å². The van der Waals surface area contributed by atoms with Crippen LogP contribution in [-0.2, 0) is 4.79 Å². The maximum absolute atomic E-state index is 11.4. The minimum atomic E-state index is 0.0970. The van der Waals surface area contributed by atoms with E-state index < -0.39 is 0 Å². The number of allylic oxidation sites excluding steroid dienone is 2. The Kier molecular flexibility index (Phi) is 5.57. The molecule has 0 aliphatic heterocycles. The molecule has 0 aliphatic rings. The number of carbonyl (C=O) groups excluding carboxylic acids is 1. The molecule has 0 bridgehead atoms. The third-order valence-electron chi connectivity index (χ3n) is 1.96. The van der Waals surface area contributed by atoms with E-state index in [4.69, 9.17) is 11.6 Å². The Hall–Kier alpha value is -1.35. The van der Waals surface area contributed by atoms with Gasteiger partial charge in [-0.15, -0.1) is 11.6 Å². The highest BCUT2D eigenvalue weighted by molar-refractivity contribution is 6.20. The summed E-state index contributed by atoms with van der Waals surface area (Å²) in [5.74, 6) is 0.386. The van der Waals surface area contributed by atoms with Gasteiger partial charge in [0.15, 0.2) is 5.78 Å². The fourth-order valence-electron chi connectivity index (χ4n) is 1.24. The van der Waals surface area contributed by atoms with Crippen LogP contribution < -0.4 is 5.32 Å². The van der Waals surface area contributed by atoms with Crippen LogP contribution in [-0.4, -0.2) is 16.6 Å². The van der Waals surface area contributed by atoms with Crippen LogP contribution >= 0.6 is 11.6 Å². The van der Waals surface area contributed by atoms with Gasteiger partial charge in [-0.25, -0.2) is 0 Å². The lowest BCUT2D eigenvalue weighted by atomic mass is 10.2. The number of nitrogens with zero attached hydrogens (tertiary/aromatic N) is 1. The number of hydrogen-bond acceptors (Lipinski definition) is 3. The number of hydrogen-bond donors (Lipinski definition) is 1. The molecular formula is C12H15ClN2O. The summed E-state index contributed by atoms with van der Waals surface area (Å²) in [6.07, 6.45) is 6.33. The Bertz CT molecular complexity index is 363. The Morgan fingerprint density at radius 2 is 2.19 bits per heavy atom. The summed E-state index contributed by atoms with van der Waals surface area (Å²) >= 11 is 5.76. The summed E-state index contributed by atoms with van der Waals surface area (Å²) < 4.78 is 0. The maximum atomic E-state index is 11.4. The lowest BCUT2D eigenvalue weighted by Gasteiger charge is -2.07. The van der Waals surface area contributed by atoms with E-state index in [1.165, 1.54) is 0 Å². The van der Waals surface area contributed by atoms with E-state index >= 15 is 0 Å². The predicted octanol–water partition coefficient (Wildman–Crippen LogP) is 2.99. The topological polar surface area (TPSA) is 42.0 Å². The third kappa shape index (κ3) is 4.45. The molecule has 1 heterocycles. The largest absolute Gasteiger partial charge is 0.358 e. The minimum absolute atomic E-state index is 0.0970. The van der Waals surface area contributed by atoms with Crippen LogP contribution in [0.2, 0.25) is 0 Å². The Balaban J connectivity index is 2.65. The van der Waals surface area contributed by atoms with Crippen LogP contribution in [0.25, 0.3) is 0 Å². The van der Waals surface area contributed by atoms with Gasteiger partial charge in [0.25, 0.3) is 0 Å². The van der Waals surface area contributed by atoms with E-state index in [1.807, 2.05) is 19.1 Å². The lowest BCUT2D eigenvalue weighted by Crippen LogP contribution is -2.04. The zero-order chi connectivity index (χ0) is 11.8. The molecule has 0 atom stereocenters. The van der Waals surface area contributed by atoms with E-state index in [-0.39, 0.29) is 11.7 Å².